The number of aromatic nitrogens is 2. The Bertz CT molecular complexity index is 381. The molecule has 0 N–H and O–H groups in total. The second-order valence-electron chi connectivity index (χ2n) is 3.80. The van der Waals surface area contributed by atoms with Gasteiger partial charge in [-0.05, 0) is 32.5 Å². The van der Waals surface area contributed by atoms with Gasteiger partial charge in [-0.2, -0.15) is 0 Å². The summed E-state index contributed by atoms with van der Waals surface area (Å²) < 4.78 is 2.03. The number of aryl methyl sites for hydroxylation is 1. The maximum absolute atomic E-state index is 4.37. The van der Waals surface area contributed by atoms with Crippen LogP contribution in [0.2, 0.25) is 0 Å². The highest BCUT2D eigenvalue weighted by Gasteiger charge is 2.11. The third kappa shape index (κ3) is 2.49. The van der Waals surface area contributed by atoms with Crippen molar-refractivity contribution in [2.45, 2.75) is 20.8 Å². The van der Waals surface area contributed by atoms with Crippen molar-refractivity contribution >= 4 is 5.70 Å². The summed E-state index contributed by atoms with van der Waals surface area (Å²) in [5, 5.41) is 0. The van der Waals surface area contributed by atoms with E-state index in [2.05, 4.69) is 23.7 Å². The van der Waals surface area contributed by atoms with E-state index in [1.165, 1.54) is 5.57 Å². The summed E-state index contributed by atoms with van der Waals surface area (Å²) in [6.45, 7) is 6.21. The molecular formula is C12H19N3. The summed E-state index contributed by atoms with van der Waals surface area (Å²) in [4.78, 5) is 6.47. The van der Waals surface area contributed by atoms with Crippen LogP contribution in [0, 0.1) is 0 Å². The normalized spacial score (nSPS) is 10.7. The number of nitrogens with zero attached hydrogens (tertiary/aromatic N) is 3. The van der Waals surface area contributed by atoms with Gasteiger partial charge in [0.1, 0.15) is 0 Å². The van der Waals surface area contributed by atoms with E-state index in [0.29, 0.717) is 0 Å². The molecule has 0 radical (unpaired) electrons. The monoisotopic (exact) mass is 205 g/mol. The fourth-order valence-corrected chi connectivity index (χ4v) is 1.63. The van der Waals surface area contributed by atoms with E-state index in [-0.39, 0.29) is 0 Å². The molecule has 3 nitrogen and oxygen atoms in total. The highest BCUT2D eigenvalue weighted by atomic mass is 15.2. The van der Waals surface area contributed by atoms with Gasteiger partial charge in [-0.3, -0.25) is 0 Å². The number of rotatable bonds is 3. The first-order valence-electron chi connectivity index (χ1n) is 5.08. The van der Waals surface area contributed by atoms with Crippen molar-refractivity contribution in [2.75, 3.05) is 7.05 Å². The zero-order chi connectivity index (χ0) is 11.4. The lowest BCUT2D eigenvalue weighted by Crippen LogP contribution is -2.14. The molecule has 15 heavy (non-hydrogen) atoms. The molecule has 1 rings (SSSR count). The fourth-order valence-electron chi connectivity index (χ4n) is 1.63. The average Bonchev–Trinajstić information content (AvgIpc) is 2.52. The predicted molar refractivity (Wildman–Crippen MR) is 64.1 cm³/mol. The Morgan fingerprint density at radius 2 is 2.13 bits per heavy atom. The van der Waals surface area contributed by atoms with Crippen molar-refractivity contribution in [3.63, 3.8) is 0 Å². The van der Waals surface area contributed by atoms with Gasteiger partial charge in [-0.25, -0.2) is 4.98 Å². The number of hydrogen-bond acceptors (Lipinski definition) is 2. The van der Waals surface area contributed by atoms with E-state index in [9.17, 15) is 0 Å². The maximum Gasteiger partial charge on any atom is 0.156 e. The summed E-state index contributed by atoms with van der Waals surface area (Å²) >= 11 is 0. The van der Waals surface area contributed by atoms with Crippen LogP contribution in [0.3, 0.4) is 0 Å². The Morgan fingerprint density at radius 3 is 2.53 bits per heavy atom. The highest BCUT2D eigenvalue weighted by molar-refractivity contribution is 5.62. The van der Waals surface area contributed by atoms with Crippen LogP contribution in [-0.4, -0.2) is 21.5 Å². The Kier molecular flexibility index (Phi) is 3.72. The zero-order valence-electron chi connectivity index (χ0n) is 10.2. The molecule has 0 saturated carbocycles. The van der Waals surface area contributed by atoms with Crippen LogP contribution >= 0.6 is 0 Å². The average molecular weight is 205 g/mol. The first-order valence-corrected chi connectivity index (χ1v) is 5.08. The van der Waals surface area contributed by atoms with Gasteiger partial charge >= 0.3 is 0 Å². The molecule has 1 aromatic rings. The molecule has 1 aromatic heterocycles. The zero-order valence-corrected chi connectivity index (χ0v) is 10.2. The van der Waals surface area contributed by atoms with Crippen molar-refractivity contribution in [3.8, 4) is 0 Å². The fraction of sp³-hybridized carbons (Fsp3) is 0.417. The number of imidazole rings is 1. The van der Waals surface area contributed by atoms with Crippen LogP contribution < -0.4 is 0 Å². The van der Waals surface area contributed by atoms with Gasteiger partial charge in [-0.15, -0.1) is 0 Å². The molecule has 0 aliphatic rings. The standard InChI is InChI=1S/C12H19N3/c1-6-8-14(4)11(10(2)3)12-13-7-9-15(12)5/h6-9H,1-5H3/b8-6-. The van der Waals surface area contributed by atoms with Crippen molar-refractivity contribution < 1.29 is 0 Å². The second-order valence-corrected chi connectivity index (χ2v) is 3.80. The predicted octanol–water partition coefficient (Wildman–Crippen LogP) is 2.64. The molecule has 0 unspecified atom stereocenters. The largest absolute Gasteiger partial charge is 0.348 e. The Labute approximate surface area is 91.7 Å². The molecule has 0 spiro atoms. The maximum atomic E-state index is 4.37. The molecule has 82 valence electrons. The van der Waals surface area contributed by atoms with Crippen LogP contribution in [0.25, 0.3) is 5.70 Å². The lowest BCUT2D eigenvalue weighted by molar-refractivity contribution is 0.632. The Morgan fingerprint density at radius 1 is 1.47 bits per heavy atom. The van der Waals surface area contributed by atoms with E-state index < -0.39 is 0 Å². The molecule has 0 fully saturated rings. The minimum absolute atomic E-state index is 0.996. The number of hydrogen-bond donors (Lipinski definition) is 0. The summed E-state index contributed by atoms with van der Waals surface area (Å²) in [5.41, 5.74) is 2.41. The molecule has 0 amide bonds. The molecule has 0 atom stereocenters. The summed E-state index contributed by atoms with van der Waals surface area (Å²) in [7, 11) is 4.05. The minimum Gasteiger partial charge on any atom is -0.348 e. The van der Waals surface area contributed by atoms with Crippen LogP contribution in [-0.2, 0) is 7.05 Å². The van der Waals surface area contributed by atoms with Gasteiger partial charge in [0.05, 0.1) is 5.70 Å². The molecule has 3 heteroatoms. The molecule has 1 heterocycles. The van der Waals surface area contributed by atoms with Gasteiger partial charge in [0.2, 0.25) is 0 Å². The first kappa shape index (κ1) is 11.6. The molecule has 0 aliphatic carbocycles. The van der Waals surface area contributed by atoms with Crippen molar-refractivity contribution in [2.24, 2.45) is 7.05 Å². The lowest BCUT2D eigenvalue weighted by atomic mass is 10.2. The van der Waals surface area contributed by atoms with Gasteiger partial charge in [0.25, 0.3) is 0 Å². The topological polar surface area (TPSA) is 21.1 Å². The van der Waals surface area contributed by atoms with Crippen LogP contribution in [0.15, 0.2) is 30.2 Å². The van der Waals surface area contributed by atoms with Gasteiger partial charge in [0, 0.05) is 26.5 Å². The van der Waals surface area contributed by atoms with E-state index in [0.717, 1.165) is 11.5 Å². The molecular weight excluding hydrogens is 186 g/mol. The minimum atomic E-state index is 0.996. The van der Waals surface area contributed by atoms with E-state index in [4.69, 9.17) is 0 Å². The summed E-state index contributed by atoms with van der Waals surface area (Å²) in [5.74, 6) is 0.996. The molecule has 0 bridgehead atoms. The van der Waals surface area contributed by atoms with Crippen molar-refractivity contribution in [3.05, 3.63) is 36.1 Å². The van der Waals surface area contributed by atoms with Gasteiger partial charge in [-0.1, -0.05) is 6.08 Å². The third-order valence-electron chi connectivity index (χ3n) is 2.23. The van der Waals surface area contributed by atoms with Crippen LogP contribution in [0.5, 0.6) is 0 Å². The SMILES string of the molecule is C/C=C\N(C)C(=C(C)C)c1nccn1C. The van der Waals surface area contributed by atoms with Gasteiger partial charge in [0.15, 0.2) is 5.82 Å². The Hall–Kier alpha value is -1.51. The first-order chi connectivity index (χ1) is 7.07. The van der Waals surface area contributed by atoms with E-state index in [1.54, 1.807) is 0 Å². The highest BCUT2D eigenvalue weighted by Crippen LogP contribution is 2.19. The quantitative estimate of drug-likeness (QED) is 0.756. The molecule has 0 saturated heterocycles. The lowest BCUT2D eigenvalue weighted by Gasteiger charge is -2.19. The van der Waals surface area contributed by atoms with Gasteiger partial charge < -0.3 is 9.47 Å². The van der Waals surface area contributed by atoms with Crippen LogP contribution in [0.4, 0.5) is 0 Å². The summed E-state index contributed by atoms with van der Waals surface area (Å²) in [6.07, 6.45) is 7.84. The smallest absolute Gasteiger partial charge is 0.156 e. The van der Waals surface area contributed by atoms with Crippen LogP contribution in [0.1, 0.15) is 26.6 Å². The Balaban J connectivity index is 3.17. The second kappa shape index (κ2) is 4.82. The molecule has 0 aliphatic heterocycles. The number of allylic oxidation sites excluding steroid dienone is 2. The van der Waals surface area contributed by atoms with E-state index >= 15 is 0 Å². The molecule has 0 aromatic carbocycles. The summed E-state index contributed by atoms with van der Waals surface area (Å²) in [6, 6.07) is 0. The van der Waals surface area contributed by atoms with E-state index in [1.807, 2.05) is 50.3 Å². The third-order valence-corrected chi connectivity index (χ3v) is 2.23. The van der Waals surface area contributed by atoms with Crippen molar-refractivity contribution in [1.29, 1.82) is 0 Å². The van der Waals surface area contributed by atoms with Crippen molar-refractivity contribution in [1.82, 2.24) is 14.5 Å².